The second-order valence-corrected chi connectivity index (χ2v) is 10.2. The van der Waals surface area contributed by atoms with Gasteiger partial charge in [0, 0.05) is 35.7 Å². The predicted molar refractivity (Wildman–Crippen MR) is 157 cm³/mol. The third-order valence-electron chi connectivity index (χ3n) is 7.00. The van der Waals surface area contributed by atoms with E-state index in [0.717, 1.165) is 22.0 Å². The molecule has 214 valence electrons. The highest BCUT2D eigenvalue weighted by atomic mass is 32.1. The lowest BCUT2D eigenvalue weighted by Crippen LogP contribution is -2.58. The minimum absolute atomic E-state index is 0.109. The first-order valence-electron chi connectivity index (χ1n) is 13.2. The number of H-pyrrole nitrogens is 1. The third kappa shape index (κ3) is 8.09. The number of thiol groups is 1. The van der Waals surface area contributed by atoms with Crippen LogP contribution in [0.5, 0.6) is 0 Å². The van der Waals surface area contributed by atoms with Gasteiger partial charge in [-0.15, -0.1) is 0 Å². The number of carboxylic acid groups (broad SMARTS) is 1. The first-order valence-corrected chi connectivity index (χ1v) is 13.9. The van der Waals surface area contributed by atoms with Gasteiger partial charge in [-0.3, -0.25) is 14.4 Å². The summed E-state index contributed by atoms with van der Waals surface area (Å²) in [7, 11) is 0. The Balaban J connectivity index is 1.89. The molecule has 2 aromatic carbocycles. The van der Waals surface area contributed by atoms with Crippen molar-refractivity contribution >= 4 is 47.2 Å². The van der Waals surface area contributed by atoms with Crippen molar-refractivity contribution in [2.24, 2.45) is 11.7 Å². The number of aliphatic carboxylic acids is 1. The van der Waals surface area contributed by atoms with Crippen molar-refractivity contribution in [3.8, 4) is 0 Å². The lowest BCUT2D eigenvalue weighted by molar-refractivity contribution is -0.141. The van der Waals surface area contributed by atoms with Gasteiger partial charge in [0.2, 0.25) is 17.7 Å². The molecule has 3 rings (SSSR count). The molecule has 0 saturated carbocycles. The van der Waals surface area contributed by atoms with Crippen molar-refractivity contribution in [1.82, 2.24) is 20.9 Å². The number of carbonyl (C=O) groups is 4. The van der Waals surface area contributed by atoms with Gasteiger partial charge < -0.3 is 31.8 Å². The van der Waals surface area contributed by atoms with E-state index in [9.17, 15) is 24.3 Å². The maximum absolute atomic E-state index is 13.7. The van der Waals surface area contributed by atoms with Gasteiger partial charge >= 0.3 is 5.97 Å². The Labute approximate surface area is 238 Å². The highest BCUT2D eigenvalue weighted by Gasteiger charge is 2.31. The SMILES string of the molecule is CCC(C)C(N)C(=O)NC(Cc1c[nH]c2ccccc12)C(=O)NC(Cc1ccccc1)C(=O)NC(CS)C(=O)O. The highest BCUT2D eigenvalue weighted by molar-refractivity contribution is 7.80. The van der Waals surface area contributed by atoms with Gasteiger partial charge in [0.15, 0.2) is 0 Å². The number of nitrogens with one attached hydrogen (secondary N) is 4. The molecule has 0 bridgehead atoms. The maximum atomic E-state index is 13.7. The molecule has 1 aromatic heterocycles. The summed E-state index contributed by atoms with van der Waals surface area (Å²) in [5, 5.41) is 18.3. The van der Waals surface area contributed by atoms with Gasteiger partial charge in [0.1, 0.15) is 18.1 Å². The lowest BCUT2D eigenvalue weighted by atomic mass is 9.98. The van der Waals surface area contributed by atoms with Crippen LogP contribution in [0, 0.1) is 5.92 Å². The number of benzene rings is 2. The molecule has 40 heavy (non-hydrogen) atoms. The largest absolute Gasteiger partial charge is 0.480 e. The summed E-state index contributed by atoms with van der Waals surface area (Å²) in [6, 6.07) is 12.4. The van der Waals surface area contributed by atoms with Crippen LogP contribution in [0.2, 0.25) is 0 Å². The van der Waals surface area contributed by atoms with E-state index < -0.39 is 47.9 Å². The van der Waals surface area contributed by atoms with Crippen LogP contribution in [0.4, 0.5) is 0 Å². The van der Waals surface area contributed by atoms with Crippen LogP contribution >= 0.6 is 12.6 Å². The first kappa shape index (κ1) is 30.7. The molecule has 0 fully saturated rings. The molecule has 10 nitrogen and oxygen atoms in total. The molecule has 7 N–H and O–H groups in total. The van der Waals surface area contributed by atoms with Gasteiger partial charge in [-0.1, -0.05) is 68.8 Å². The zero-order valence-corrected chi connectivity index (χ0v) is 23.5. The third-order valence-corrected chi connectivity index (χ3v) is 7.37. The summed E-state index contributed by atoms with van der Waals surface area (Å²) in [5.41, 5.74) is 8.60. The number of aromatic amines is 1. The van der Waals surface area contributed by atoms with E-state index in [1.807, 2.05) is 44.2 Å². The Morgan fingerprint density at radius 3 is 2.08 bits per heavy atom. The fourth-order valence-electron chi connectivity index (χ4n) is 4.30. The van der Waals surface area contributed by atoms with Gasteiger partial charge in [-0.05, 0) is 23.1 Å². The van der Waals surface area contributed by atoms with Crippen molar-refractivity contribution in [3.63, 3.8) is 0 Å². The van der Waals surface area contributed by atoms with Crippen LogP contribution in [-0.2, 0) is 32.0 Å². The van der Waals surface area contributed by atoms with Crippen LogP contribution in [0.3, 0.4) is 0 Å². The molecule has 0 aliphatic heterocycles. The van der Waals surface area contributed by atoms with Crippen LogP contribution < -0.4 is 21.7 Å². The average molecular weight is 568 g/mol. The Morgan fingerprint density at radius 2 is 1.45 bits per heavy atom. The number of aromatic nitrogens is 1. The lowest BCUT2D eigenvalue weighted by Gasteiger charge is -2.26. The minimum atomic E-state index is -1.24. The molecule has 1 heterocycles. The topological polar surface area (TPSA) is 166 Å². The zero-order valence-electron chi connectivity index (χ0n) is 22.6. The van der Waals surface area contributed by atoms with Crippen LogP contribution in [0.1, 0.15) is 31.4 Å². The molecule has 3 aromatic rings. The standard InChI is InChI=1S/C29H37N5O5S/c1-3-17(2)25(30)28(37)33-23(14-19-15-31-21-12-8-7-11-20(19)21)27(36)32-22(13-18-9-5-4-6-10-18)26(35)34-24(16-40)29(38)39/h4-12,15,17,22-25,31,40H,3,13-14,16,30H2,1-2H3,(H,32,36)(H,33,37)(H,34,35)(H,38,39). The first-order chi connectivity index (χ1) is 19.1. The van der Waals surface area contributed by atoms with E-state index in [4.69, 9.17) is 5.73 Å². The normalized spacial score (nSPS) is 14.9. The second kappa shape index (κ2) is 14.5. The van der Waals surface area contributed by atoms with Gasteiger partial charge in [0.05, 0.1) is 6.04 Å². The Bertz CT molecular complexity index is 1310. The number of carbonyl (C=O) groups excluding carboxylic acids is 3. The van der Waals surface area contributed by atoms with E-state index in [-0.39, 0.29) is 24.5 Å². The van der Waals surface area contributed by atoms with E-state index in [2.05, 4.69) is 33.6 Å². The van der Waals surface area contributed by atoms with E-state index in [0.29, 0.717) is 6.42 Å². The number of nitrogens with two attached hydrogens (primary N) is 1. The number of hydrogen-bond acceptors (Lipinski definition) is 6. The highest BCUT2D eigenvalue weighted by Crippen LogP contribution is 2.19. The molecule has 3 amide bonds. The Kier molecular flexibility index (Phi) is 11.2. The van der Waals surface area contributed by atoms with Gasteiger partial charge in [-0.25, -0.2) is 4.79 Å². The monoisotopic (exact) mass is 567 g/mol. The summed E-state index contributed by atoms with van der Waals surface area (Å²) < 4.78 is 0. The van der Waals surface area contributed by atoms with Crippen molar-refractivity contribution in [2.75, 3.05) is 5.75 Å². The number of hydrogen-bond donors (Lipinski definition) is 7. The smallest absolute Gasteiger partial charge is 0.327 e. The molecule has 0 aliphatic rings. The predicted octanol–water partition coefficient (Wildman–Crippen LogP) is 1.80. The van der Waals surface area contributed by atoms with Gasteiger partial charge in [0.25, 0.3) is 0 Å². The number of carboxylic acids is 1. The maximum Gasteiger partial charge on any atom is 0.327 e. The summed E-state index contributed by atoms with van der Waals surface area (Å²) in [4.78, 5) is 54.6. The van der Waals surface area contributed by atoms with Crippen molar-refractivity contribution in [2.45, 2.75) is 57.3 Å². The molecule has 5 atom stereocenters. The number of fused-ring (bicyclic) bond motifs is 1. The quantitative estimate of drug-likeness (QED) is 0.147. The van der Waals surface area contributed by atoms with Crippen molar-refractivity contribution in [3.05, 3.63) is 71.9 Å². The zero-order chi connectivity index (χ0) is 29.2. The van der Waals surface area contributed by atoms with Crippen LogP contribution in [-0.4, -0.2) is 63.7 Å². The Hall–Kier alpha value is -3.83. The molecule has 0 radical (unpaired) electrons. The molecule has 0 saturated heterocycles. The van der Waals surface area contributed by atoms with Crippen molar-refractivity contribution in [1.29, 1.82) is 0 Å². The number of amides is 3. The molecule has 0 aliphatic carbocycles. The second-order valence-electron chi connectivity index (χ2n) is 9.87. The molecule has 5 unspecified atom stereocenters. The van der Waals surface area contributed by atoms with Crippen molar-refractivity contribution < 1.29 is 24.3 Å². The minimum Gasteiger partial charge on any atom is -0.480 e. The summed E-state index contributed by atoms with van der Waals surface area (Å²) in [6.45, 7) is 3.79. The molecule has 0 spiro atoms. The molecule has 11 heteroatoms. The van der Waals surface area contributed by atoms with Crippen LogP contribution in [0.15, 0.2) is 60.8 Å². The molecular formula is C29H37N5O5S. The Morgan fingerprint density at radius 1 is 0.875 bits per heavy atom. The van der Waals surface area contributed by atoms with E-state index >= 15 is 0 Å². The fourth-order valence-corrected chi connectivity index (χ4v) is 4.55. The number of para-hydroxylation sites is 1. The van der Waals surface area contributed by atoms with Gasteiger partial charge in [-0.2, -0.15) is 12.6 Å². The number of rotatable bonds is 14. The summed E-state index contributed by atoms with van der Waals surface area (Å²) in [5.74, 6) is -3.21. The van der Waals surface area contributed by atoms with Crippen LogP contribution in [0.25, 0.3) is 10.9 Å². The van der Waals surface area contributed by atoms with E-state index in [1.54, 1.807) is 30.5 Å². The fraction of sp³-hybridized carbons (Fsp3) is 0.379. The average Bonchev–Trinajstić information content (AvgIpc) is 3.37. The summed E-state index contributed by atoms with van der Waals surface area (Å²) in [6.07, 6.45) is 2.72. The van der Waals surface area contributed by atoms with E-state index in [1.165, 1.54) is 0 Å². The molecular weight excluding hydrogens is 530 g/mol. The summed E-state index contributed by atoms with van der Waals surface area (Å²) >= 11 is 4.01.